The fourth-order valence-corrected chi connectivity index (χ4v) is 4.00. The van der Waals surface area contributed by atoms with Gasteiger partial charge in [0.15, 0.2) is 4.34 Å². The first kappa shape index (κ1) is 16.7. The lowest BCUT2D eigenvalue weighted by atomic mass is 10.2. The third-order valence-corrected chi connectivity index (χ3v) is 5.40. The van der Waals surface area contributed by atoms with Crippen molar-refractivity contribution in [2.75, 3.05) is 0 Å². The number of ether oxygens (including phenoxy) is 1. The molecular formula is C18H16N2O2S2. The molecule has 1 unspecified atom stereocenters. The number of benzene rings is 2. The summed E-state index contributed by atoms with van der Waals surface area (Å²) in [6, 6.07) is 19.5. The first-order valence-electron chi connectivity index (χ1n) is 7.48. The normalized spacial score (nSPS) is 11.9. The van der Waals surface area contributed by atoms with Gasteiger partial charge in [0.1, 0.15) is 16.9 Å². The van der Waals surface area contributed by atoms with Crippen molar-refractivity contribution in [2.24, 2.45) is 0 Å². The van der Waals surface area contributed by atoms with Crippen molar-refractivity contribution < 1.29 is 9.53 Å². The third-order valence-electron chi connectivity index (χ3n) is 3.26. The summed E-state index contributed by atoms with van der Waals surface area (Å²) in [5.74, 6) is -0.250. The van der Waals surface area contributed by atoms with Crippen molar-refractivity contribution in [1.82, 2.24) is 10.2 Å². The lowest BCUT2D eigenvalue weighted by Gasteiger charge is -2.09. The molecule has 24 heavy (non-hydrogen) atoms. The maximum Gasteiger partial charge on any atom is 0.319 e. The first-order chi connectivity index (χ1) is 11.7. The Morgan fingerprint density at radius 1 is 1.08 bits per heavy atom. The van der Waals surface area contributed by atoms with Crippen LogP contribution in [0, 0.1) is 0 Å². The second-order valence-corrected chi connectivity index (χ2v) is 7.66. The Kier molecular flexibility index (Phi) is 5.61. The number of hydrogen-bond donors (Lipinski definition) is 0. The van der Waals surface area contributed by atoms with Gasteiger partial charge in [-0.25, -0.2) is 0 Å². The molecule has 0 aliphatic carbocycles. The average molecular weight is 356 g/mol. The minimum Gasteiger partial charge on any atom is -0.460 e. The summed E-state index contributed by atoms with van der Waals surface area (Å²) in [6.07, 6.45) is 0. The topological polar surface area (TPSA) is 52.1 Å². The number of hydrogen-bond acceptors (Lipinski definition) is 6. The zero-order chi connectivity index (χ0) is 16.8. The summed E-state index contributed by atoms with van der Waals surface area (Å²) < 4.78 is 6.11. The Bertz CT molecular complexity index is 791. The van der Waals surface area contributed by atoms with Gasteiger partial charge >= 0.3 is 5.97 Å². The van der Waals surface area contributed by atoms with Crippen LogP contribution in [-0.4, -0.2) is 21.4 Å². The van der Waals surface area contributed by atoms with Gasteiger partial charge in [0, 0.05) is 5.56 Å². The lowest BCUT2D eigenvalue weighted by Crippen LogP contribution is -2.16. The van der Waals surface area contributed by atoms with Gasteiger partial charge in [-0.2, -0.15) is 0 Å². The van der Waals surface area contributed by atoms with Crippen molar-refractivity contribution in [2.45, 2.75) is 23.1 Å². The van der Waals surface area contributed by atoms with E-state index in [1.807, 2.05) is 67.6 Å². The van der Waals surface area contributed by atoms with Gasteiger partial charge in [-0.05, 0) is 12.5 Å². The van der Waals surface area contributed by atoms with Crippen molar-refractivity contribution in [3.63, 3.8) is 0 Å². The number of carbonyl (C=O) groups is 1. The highest BCUT2D eigenvalue weighted by molar-refractivity contribution is 8.02. The predicted molar refractivity (Wildman–Crippen MR) is 96.9 cm³/mol. The Morgan fingerprint density at radius 2 is 1.75 bits per heavy atom. The Labute approximate surface area is 148 Å². The van der Waals surface area contributed by atoms with E-state index >= 15 is 0 Å². The molecule has 3 aromatic rings. The zero-order valence-corrected chi connectivity index (χ0v) is 14.7. The maximum atomic E-state index is 12.1. The van der Waals surface area contributed by atoms with E-state index in [0.717, 1.165) is 20.5 Å². The van der Waals surface area contributed by atoms with Crippen LogP contribution in [0.25, 0.3) is 10.6 Å². The Balaban J connectivity index is 1.55. The minimum atomic E-state index is -0.328. The number of rotatable bonds is 6. The Morgan fingerprint density at radius 3 is 2.46 bits per heavy atom. The number of aromatic nitrogens is 2. The molecule has 0 saturated carbocycles. The van der Waals surface area contributed by atoms with Gasteiger partial charge in [-0.15, -0.1) is 10.2 Å². The largest absolute Gasteiger partial charge is 0.460 e. The number of nitrogens with zero attached hydrogens (tertiary/aromatic N) is 2. The SMILES string of the molecule is CC(Sc1nnc(-c2ccccc2)s1)C(=O)OCc1ccccc1. The third kappa shape index (κ3) is 4.43. The summed E-state index contributed by atoms with van der Waals surface area (Å²) in [6.45, 7) is 2.11. The molecule has 6 heteroatoms. The molecule has 1 heterocycles. The van der Waals surface area contributed by atoms with Crippen molar-refractivity contribution in [3.8, 4) is 10.6 Å². The van der Waals surface area contributed by atoms with Gasteiger partial charge in [-0.1, -0.05) is 83.8 Å². The van der Waals surface area contributed by atoms with Crippen LogP contribution in [0.5, 0.6) is 0 Å². The van der Waals surface area contributed by atoms with Crippen LogP contribution in [0.2, 0.25) is 0 Å². The average Bonchev–Trinajstić information content (AvgIpc) is 3.10. The van der Waals surface area contributed by atoms with Crippen LogP contribution in [0.4, 0.5) is 0 Å². The molecule has 1 atom stereocenters. The van der Waals surface area contributed by atoms with Gasteiger partial charge < -0.3 is 4.74 Å². The van der Waals surface area contributed by atoms with Crippen molar-refractivity contribution >= 4 is 29.1 Å². The number of esters is 1. The minimum absolute atomic E-state index is 0.250. The molecule has 3 rings (SSSR count). The zero-order valence-electron chi connectivity index (χ0n) is 13.1. The molecule has 0 aliphatic rings. The van der Waals surface area contributed by atoms with E-state index in [1.54, 1.807) is 0 Å². The highest BCUT2D eigenvalue weighted by atomic mass is 32.2. The monoisotopic (exact) mass is 356 g/mol. The molecule has 0 radical (unpaired) electrons. The molecule has 4 nitrogen and oxygen atoms in total. The fourth-order valence-electron chi connectivity index (χ4n) is 2.00. The molecule has 0 amide bonds. The number of carbonyl (C=O) groups excluding carboxylic acids is 1. The van der Waals surface area contributed by atoms with Gasteiger partial charge in [-0.3, -0.25) is 4.79 Å². The molecule has 0 N–H and O–H groups in total. The molecule has 0 bridgehead atoms. The maximum absolute atomic E-state index is 12.1. The van der Waals surface area contributed by atoms with E-state index in [1.165, 1.54) is 23.1 Å². The predicted octanol–water partition coefficient (Wildman–Crippen LogP) is 4.43. The highest BCUT2D eigenvalue weighted by Gasteiger charge is 2.19. The number of thioether (sulfide) groups is 1. The summed E-state index contributed by atoms with van der Waals surface area (Å²) in [5.41, 5.74) is 2.01. The summed E-state index contributed by atoms with van der Waals surface area (Å²) >= 11 is 2.85. The van der Waals surface area contributed by atoms with E-state index < -0.39 is 0 Å². The quantitative estimate of drug-likeness (QED) is 0.483. The van der Waals surface area contributed by atoms with Gasteiger partial charge in [0.25, 0.3) is 0 Å². The highest BCUT2D eigenvalue weighted by Crippen LogP contribution is 2.31. The van der Waals surface area contributed by atoms with Gasteiger partial charge in [0.05, 0.1) is 0 Å². The molecule has 0 fully saturated rings. The van der Waals surface area contributed by atoms with E-state index in [-0.39, 0.29) is 17.8 Å². The van der Waals surface area contributed by atoms with Crippen LogP contribution >= 0.6 is 23.1 Å². The molecule has 0 saturated heterocycles. The molecule has 0 aliphatic heterocycles. The summed E-state index contributed by atoms with van der Waals surface area (Å²) in [7, 11) is 0. The lowest BCUT2D eigenvalue weighted by molar-refractivity contribution is -0.143. The Hall–Kier alpha value is -2.18. The summed E-state index contributed by atoms with van der Waals surface area (Å²) in [5, 5.41) is 8.87. The van der Waals surface area contributed by atoms with Crippen molar-refractivity contribution in [3.05, 3.63) is 66.2 Å². The summed E-state index contributed by atoms with van der Waals surface area (Å²) in [4.78, 5) is 12.1. The molecule has 0 spiro atoms. The van der Waals surface area contributed by atoms with Crippen molar-refractivity contribution in [1.29, 1.82) is 0 Å². The van der Waals surface area contributed by atoms with E-state index in [2.05, 4.69) is 10.2 Å². The molecule has 2 aromatic carbocycles. The van der Waals surface area contributed by atoms with E-state index in [0.29, 0.717) is 0 Å². The smallest absolute Gasteiger partial charge is 0.319 e. The van der Waals surface area contributed by atoms with Crippen LogP contribution in [0.3, 0.4) is 0 Å². The first-order valence-corrected chi connectivity index (χ1v) is 9.18. The fraction of sp³-hybridized carbons (Fsp3) is 0.167. The van der Waals surface area contributed by atoms with Crippen LogP contribution in [-0.2, 0) is 16.1 Å². The molecule has 122 valence electrons. The van der Waals surface area contributed by atoms with E-state index in [9.17, 15) is 4.79 Å². The van der Waals surface area contributed by atoms with Crippen LogP contribution in [0.15, 0.2) is 65.0 Å². The second kappa shape index (κ2) is 8.08. The van der Waals surface area contributed by atoms with Gasteiger partial charge in [0.2, 0.25) is 0 Å². The second-order valence-electron chi connectivity index (χ2n) is 5.09. The van der Waals surface area contributed by atoms with Crippen LogP contribution in [0.1, 0.15) is 12.5 Å². The van der Waals surface area contributed by atoms with Crippen LogP contribution < -0.4 is 0 Å². The molecule has 1 aromatic heterocycles. The molecular weight excluding hydrogens is 340 g/mol. The standard InChI is InChI=1S/C18H16N2O2S2/c1-13(17(21)22-12-14-8-4-2-5-9-14)23-18-20-19-16(24-18)15-10-6-3-7-11-15/h2-11,13H,12H2,1H3. The van der Waals surface area contributed by atoms with E-state index in [4.69, 9.17) is 4.74 Å².